The number of anilines is 1. The number of carbonyl (C=O) groups excluding carboxylic acids is 1. The predicted molar refractivity (Wildman–Crippen MR) is 112 cm³/mol. The average molecular weight is 430 g/mol. The Morgan fingerprint density at radius 3 is 2.50 bits per heavy atom. The second kappa shape index (κ2) is 8.87. The zero-order chi connectivity index (χ0) is 21.8. The third-order valence-corrected chi connectivity index (χ3v) is 4.96. The highest BCUT2D eigenvalue weighted by atomic mass is 35.5. The molecule has 156 valence electrons. The lowest BCUT2D eigenvalue weighted by Crippen LogP contribution is -2.29. The quantitative estimate of drug-likeness (QED) is 0.335. The van der Waals surface area contributed by atoms with E-state index in [1.54, 1.807) is 10.7 Å². The van der Waals surface area contributed by atoms with Crippen LogP contribution in [-0.2, 0) is 0 Å². The number of nitrogens with zero attached hydrogens (tertiary/aromatic N) is 5. The number of nitrogens with one attached hydrogen (secondary N) is 2. The van der Waals surface area contributed by atoms with Gasteiger partial charge in [0.15, 0.2) is 5.82 Å². The molecule has 10 nitrogen and oxygen atoms in total. The molecule has 0 aliphatic rings. The average Bonchev–Trinajstić information content (AvgIpc) is 2.98. The van der Waals surface area contributed by atoms with Crippen LogP contribution in [0.25, 0.3) is 5.82 Å². The van der Waals surface area contributed by atoms with Gasteiger partial charge in [0.1, 0.15) is 5.82 Å². The van der Waals surface area contributed by atoms with E-state index in [9.17, 15) is 14.9 Å². The van der Waals surface area contributed by atoms with Crippen LogP contribution in [0.3, 0.4) is 0 Å². The van der Waals surface area contributed by atoms with E-state index in [1.807, 2.05) is 26.8 Å². The Morgan fingerprint density at radius 2 is 1.93 bits per heavy atom. The van der Waals surface area contributed by atoms with E-state index < -0.39 is 10.8 Å². The van der Waals surface area contributed by atoms with E-state index in [4.69, 9.17) is 11.6 Å². The highest BCUT2D eigenvalue weighted by Gasteiger charge is 2.14. The first-order chi connectivity index (χ1) is 14.3. The fourth-order valence-electron chi connectivity index (χ4n) is 2.74. The first-order valence-corrected chi connectivity index (χ1v) is 9.48. The number of halogens is 1. The van der Waals surface area contributed by atoms with Gasteiger partial charge in [-0.25, -0.2) is 4.68 Å². The molecule has 0 spiro atoms. The SMILES string of the molecule is Cc1nn(-c2ccc(NCCNC(=O)c3ccc([N+](=O)[O-])cc3Cl)nn2)c(C)c1C. The lowest BCUT2D eigenvalue weighted by molar-refractivity contribution is -0.384. The smallest absolute Gasteiger partial charge is 0.270 e. The molecule has 0 atom stereocenters. The van der Waals surface area contributed by atoms with Crippen LogP contribution in [0.4, 0.5) is 11.5 Å². The van der Waals surface area contributed by atoms with Crippen molar-refractivity contribution >= 4 is 29.0 Å². The summed E-state index contributed by atoms with van der Waals surface area (Å²) >= 11 is 5.96. The number of nitro benzene ring substituents is 1. The van der Waals surface area contributed by atoms with E-state index >= 15 is 0 Å². The number of carbonyl (C=O) groups is 1. The van der Waals surface area contributed by atoms with Crippen LogP contribution >= 0.6 is 11.6 Å². The first kappa shape index (κ1) is 21.2. The number of hydrogen-bond acceptors (Lipinski definition) is 7. The van der Waals surface area contributed by atoms with E-state index in [1.165, 1.54) is 12.1 Å². The monoisotopic (exact) mass is 429 g/mol. The Balaban J connectivity index is 1.52. The molecule has 0 aliphatic heterocycles. The van der Waals surface area contributed by atoms with Gasteiger partial charge < -0.3 is 10.6 Å². The summed E-state index contributed by atoms with van der Waals surface area (Å²) in [7, 11) is 0. The number of amides is 1. The molecule has 3 aromatic rings. The summed E-state index contributed by atoms with van der Waals surface area (Å²) in [4.78, 5) is 22.4. The minimum Gasteiger partial charge on any atom is -0.367 e. The minimum absolute atomic E-state index is 0.0236. The van der Waals surface area contributed by atoms with Gasteiger partial charge in [-0.2, -0.15) is 5.10 Å². The van der Waals surface area contributed by atoms with Gasteiger partial charge >= 0.3 is 0 Å². The van der Waals surface area contributed by atoms with Crippen molar-refractivity contribution < 1.29 is 9.72 Å². The van der Waals surface area contributed by atoms with Gasteiger partial charge in [-0.15, -0.1) is 10.2 Å². The molecule has 3 rings (SSSR count). The number of aryl methyl sites for hydroxylation is 1. The van der Waals surface area contributed by atoms with Gasteiger partial charge in [-0.3, -0.25) is 14.9 Å². The van der Waals surface area contributed by atoms with Crippen molar-refractivity contribution in [2.45, 2.75) is 20.8 Å². The molecule has 0 saturated carbocycles. The topological polar surface area (TPSA) is 128 Å². The van der Waals surface area contributed by atoms with Crippen LogP contribution in [0.2, 0.25) is 5.02 Å². The summed E-state index contributed by atoms with van der Waals surface area (Å²) in [5.74, 6) is 0.757. The molecule has 0 saturated heterocycles. The van der Waals surface area contributed by atoms with Crippen LogP contribution in [0.5, 0.6) is 0 Å². The van der Waals surface area contributed by atoms with Gasteiger partial charge in [-0.1, -0.05) is 11.6 Å². The molecule has 1 aromatic carbocycles. The largest absolute Gasteiger partial charge is 0.367 e. The standard InChI is InChI=1S/C19H20ClN7O3/c1-11-12(2)25-26(13(11)3)18-7-6-17(23-24-18)21-8-9-22-19(28)15-5-4-14(27(29)30)10-16(15)20/h4-7,10H,8-9H2,1-3H3,(H,21,23)(H,22,28). The molecule has 1 amide bonds. The van der Waals surface area contributed by atoms with Crippen LogP contribution in [0.15, 0.2) is 30.3 Å². The second-order valence-corrected chi connectivity index (χ2v) is 7.00. The normalized spacial score (nSPS) is 10.7. The molecule has 0 aliphatic carbocycles. The highest BCUT2D eigenvalue weighted by molar-refractivity contribution is 6.34. The molecule has 2 N–H and O–H groups in total. The zero-order valence-electron chi connectivity index (χ0n) is 16.6. The van der Waals surface area contributed by atoms with Crippen molar-refractivity contribution in [1.82, 2.24) is 25.3 Å². The lowest BCUT2D eigenvalue weighted by Gasteiger charge is -2.09. The summed E-state index contributed by atoms with van der Waals surface area (Å²) in [5.41, 5.74) is 3.07. The Morgan fingerprint density at radius 1 is 1.17 bits per heavy atom. The van der Waals surface area contributed by atoms with E-state index in [2.05, 4.69) is 25.9 Å². The van der Waals surface area contributed by atoms with Gasteiger partial charge in [0.2, 0.25) is 0 Å². The maximum Gasteiger partial charge on any atom is 0.270 e. The minimum atomic E-state index is -0.570. The highest BCUT2D eigenvalue weighted by Crippen LogP contribution is 2.22. The molecule has 2 aromatic heterocycles. The lowest BCUT2D eigenvalue weighted by atomic mass is 10.2. The van der Waals surface area contributed by atoms with Crippen LogP contribution in [0, 0.1) is 30.9 Å². The van der Waals surface area contributed by atoms with Crippen molar-refractivity contribution in [3.05, 3.63) is 68.0 Å². The molecular formula is C19H20ClN7O3. The molecule has 11 heteroatoms. The summed E-state index contributed by atoms with van der Waals surface area (Å²) in [5, 5.41) is 29.3. The fourth-order valence-corrected chi connectivity index (χ4v) is 3.00. The summed E-state index contributed by atoms with van der Waals surface area (Å²) in [6.07, 6.45) is 0. The van der Waals surface area contributed by atoms with Crippen LogP contribution in [0.1, 0.15) is 27.3 Å². The second-order valence-electron chi connectivity index (χ2n) is 6.59. The molecule has 0 fully saturated rings. The number of nitro groups is 1. The van der Waals surface area contributed by atoms with Crippen molar-refractivity contribution in [1.29, 1.82) is 0 Å². The predicted octanol–water partition coefficient (Wildman–Crippen LogP) is 2.99. The maximum absolute atomic E-state index is 12.2. The van der Waals surface area contributed by atoms with E-state index in [-0.39, 0.29) is 16.3 Å². The third-order valence-electron chi connectivity index (χ3n) is 4.65. The molecule has 0 unspecified atom stereocenters. The van der Waals surface area contributed by atoms with Crippen LogP contribution < -0.4 is 10.6 Å². The number of aromatic nitrogens is 4. The molecule has 0 radical (unpaired) electrons. The fraction of sp³-hybridized carbons (Fsp3) is 0.263. The van der Waals surface area contributed by atoms with Crippen molar-refractivity contribution in [2.75, 3.05) is 18.4 Å². The van der Waals surface area contributed by atoms with Gasteiger partial charge in [0.25, 0.3) is 11.6 Å². The van der Waals surface area contributed by atoms with Gasteiger partial charge in [0, 0.05) is 30.9 Å². The van der Waals surface area contributed by atoms with E-state index in [0.29, 0.717) is 24.7 Å². The summed E-state index contributed by atoms with van der Waals surface area (Å²) in [6.45, 7) is 6.63. The number of rotatable bonds is 7. The van der Waals surface area contributed by atoms with Crippen LogP contribution in [-0.4, -0.2) is 43.9 Å². The third kappa shape index (κ3) is 4.54. The summed E-state index contributed by atoms with van der Waals surface area (Å²) < 4.78 is 1.75. The molecule has 0 bridgehead atoms. The van der Waals surface area contributed by atoms with Crippen molar-refractivity contribution in [2.24, 2.45) is 0 Å². The zero-order valence-corrected chi connectivity index (χ0v) is 17.4. The van der Waals surface area contributed by atoms with Gasteiger partial charge in [-0.05, 0) is 44.5 Å². The Bertz CT molecular complexity index is 1100. The maximum atomic E-state index is 12.2. The Hall–Kier alpha value is -3.53. The molecule has 30 heavy (non-hydrogen) atoms. The van der Waals surface area contributed by atoms with Crippen molar-refractivity contribution in [3.63, 3.8) is 0 Å². The van der Waals surface area contributed by atoms with E-state index in [0.717, 1.165) is 23.0 Å². The summed E-state index contributed by atoms with van der Waals surface area (Å²) in [6, 6.07) is 7.30. The first-order valence-electron chi connectivity index (χ1n) is 9.11. The number of benzene rings is 1. The Labute approximate surface area is 177 Å². The molecule has 2 heterocycles. The molecular weight excluding hydrogens is 410 g/mol. The van der Waals surface area contributed by atoms with Gasteiger partial charge in [0.05, 0.1) is 21.2 Å². The van der Waals surface area contributed by atoms with Crippen molar-refractivity contribution in [3.8, 4) is 5.82 Å². The number of non-ortho nitro benzene ring substituents is 1. The number of hydrogen-bond donors (Lipinski definition) is 2. The Kier molecular flexibility index (Phi) is 6.26.